The normalized spacial score (nSPS) is 16.2. The molecule has 1 fully saturated rings. The molecule has 1 aliphatic rings. The van der Waals surface area contributed by atoms with Crippen LogP contribution in [0.4, 0.5) is 4.79 Å². The third kappa shape index (κ3) is 5.92. The van der Waals surface area contributed by atoms with Crippen LogP contribution in [-0.2, 0) is 14.3 Å². The van der Waals surface area contributed by atoms with E-state index >= 15 is 0 Å². The van der Waals surface area contributed by atoms with Crippen molar-refractivity contribution in [1.29, 1.82) is 0 Å². The zero-order valence-electron chi connectivity index (χ0n) is 11.8. The minimum absolute atomic E-state index is 0.0207. The number of unbranched alkanes of at least 4 members (excludes halogenated alkanes) is 1. The number of methoxy groups -OCH3 is 2. The number of ether oxygens (including phenoxy) is 2. The maximum absolute atomic E-state index is 11.8. The summed E-state index contributed by atoms with van der Waals surface area (Å²) in [4.78, 5) is 24.5. The molecule has 0 aromatic heterocycles. The van der Waals surface area contributed by atoms with E-state index in [0.717, 1.165) is 38.8 Å². The first-order chi connectivity index (χ1) is 9.17. The highest BCUT2D eigenvalue weighted by Crippen LogP contribution is 2.12. The lowest BCUT2D eigenvalue weighted by atomic mass is 10.1. The van der Waals surface area contributed by atoms with Gasteiger partial charge in [-0.25, -0.2) is 4.79 Å². The molecule has 1 rings (SSSR count). The van der Waals surface area contributed by atoms with Crippen molar-refractivity contribution in [1.82, 2.24) is 10.2 Å². The molecule has 0 unspecified atom stereocenters. The molecule has 2 amide bonds. The Morgan fingerprint density at radius 1 is 1.21 bits per heavy atom. The van der Waals surface area contributed by atoms with Crippen LogP contribution in [0.15, 0.2) is 0 Å². The fraction of sp³-hybridized carbons (Fsp3) is 0.846. The number of nitrogens with zero attached hydrogens (tertiary/aromatic N) is 1. The van der Waals surface area contributed by atoms with E-state index in [4.69, 9.17) is 4.74 Å². The third-order valence-electron chi connectivity index (χ3n) is 3.37. The van der Waals surface area contributed by atoms with Gasteiger partial charge in [0.05, 0.1) is 13.2 Å². The van der Waals surface area contributed by atoms with Crippen molar-refractivity contribution in [3.63, 3.8) is 0 Å². The Balaban J connectivity index is 2.06. The van der Waals surface area contributed by atoms with Gasteiger partial charge in [-0.3, -0.25) is 4.79 Å². The molecule has 0 saturated carbocycles. The van der Waals surface area contributed by atoms with Gasteiger partial charge < -0.3 is 19.7 Å². The van der Waals surface area contributed by atoms with E-state index in [1.165, 1.54) is 7.11 Å². The number of esters is 1. The van der Waals surface area contributed by atoms with Crippen LogP contribution in [-0.4, -0.2) is 56.9 Å². The van der Waals surface area contributed by atoms with Crippen LogP contribution in [0.2, 0.25) is 0 Å². The van der Waals surface area contributed by atoms with Gasteiger partial charge in [-0.2, -0.15) is 0 Å². The molecular weight excluding hydrogens is 248 g/mol. The highest BCUT2D eigenvalue weighted by Gasteiger charge is 2.21. The molecule has 19 heavy (non-hydrogen) atoms. The van der Waals surface area contributed by atoms with E-state index in [-0.39, 0.29) is 18.1 Å². The molecular formula is C13H24N2O4. The molecule has 110 valence electrons. The summed E-state index contributed by atoms with van der Waals surface area (Å²) in [6.07, 6.45) is 4.00. The number of urea groups is 1. The van der Waals surface area contributed by atoms with Gasteiger partial charge >= 0.3 is 12.0 Å². The number of hydrogen-bond acceptors (Lipinski definition) is 4. The average Bonchev–Trinajstić information content (AvgIpc) is 2.46. The van der Waals surface area contributed by atoms with Crippen LogP contribution in [0.5, 0.6) is 0 Å². The Morgan fingerprint density at radius 2 is 1.89 bits per heavy atom. The largest absolute Gasteiger partial charge is 0.469 e. The minimum Gasteiger partial charge on any atom is -0.469 e. The van der Waals surface area contributed by atoms with E-state index in [9.17, 15) is 9.59 Å². The van der Waals surface area contributed by atoms with Crippen LogP contribution in [0, 0.1) is 0 Å². The Hall–Kier alpha value is -1.30. The summed E-state index contributed by atoms with van der Waals surface area (Å²) >= 11 is 0. The lowest BCUT2D eigenvalue weighted by Crippen LogP contribution is -2.46. The minimum atomic E-state index is -0.201. The fourth-order valence-corrected chi connectivity index (χ4v) is 2.10. The highest BCUT2D eigenvalue weighted by atomic mass is 16.5. The van der Waals surface area contributed by atoms with Crippen LogP contribution in [0.1, 0.15) is 32.1 Å². The standard InChI is InChI=1S/C13H24N2O4/c1-18-11-6-9-15(10-7-11)13(17)14-8-4-3-5-12(16)19-2/h11H,3-10H2,1-2H3,(H,14,17). The highest BCUT2D eigenvalue weighted by molar-refractivity contribution is 5.74. The zero-order valence-corrected chi connectivity index (χ0v) is 11.8. The molecule has 0 bridgehead atoms. The molecule has 1 aliphatic heterocycles. The SMILES string of the molecule is COC(=O)CCCCNC(=O)N1CCC(OC)CC1. The summed E-state index contributed by atoms with van der Waals surface area (Å²) in [6, 6.07) is -0.0207. The van der Waals surface area contributed by atoms with E-state index in [2.05, 4.69) is 10.1 Å². The molecule has 0 aliphatic carbocycles. The molecule has 6 nitrogen and oxygen atoms in total. The molecule has 0 spiro atoms. The van der Waals surface area contributed by atoms with Crippen LogP contribution >= 0.6 is 0 Å². The lowest BCUT2D eigenvalue weighted by molar-refractivity contribution is -0.140. The summed E-state index contributed by atoms with van der Waals surface area (Å²) in [5, 5.41) is 2.87. The van der Waals surface area contributed by atoms with Gasteiger partial charge in [0, 0.05) is 33.2 Å². The number of nitrogens with one attached hydrogen (secondary N) is 1. The van der Waals surface area contributed by atoms with Crippen molar-refractivity contribution >= 4 is 12.0 Å². The van der Waals surface area contributed by atoms with E-state index in [1.807, 2.05) is 4.90 Å². The fourth-order valence-electron chi connectivity index (χ4n) is 2.10. The molecule has 6 heteroatoms. The number of carbonyl (C=O) groups excluding carboxylic acids is 2. The monoisotopic (exact) mass is 272 g/mol. The van der Waals surface area contributed by atoms with Gasteiger partial charge in [0.1, 0.15) is 0 Å². The van der Waals surface area contributed by atoms with Crippen LogP contribution in [0.3, 0.4) is 0 Å². The Bertz CT molecular complexity index is 288. The Kier molecular flexibility index (Phi) is 7.25. The number of piperidine rings is 1. The van der Waals surface area contributed by atoms with Crippen LogP contribution in [0.25, 0.3) is 0 Å². The second-order valence-electron chi connectivity index (χ2n) is 4.69. The predicted molar refractivity (Wildman–Crippen MR) is 70.9 cm³/mol. The average molecular weight is 272 g/mol. The van der Waals surface area contributed by atoms with Gasteiger partial charge in [0.2, 0.25) is 0 Å². The third-order valence-corrected chi connectivity index (χ3v) is 3.37. The molecule has 0 aromatic carbocycles. The van der Waals surface area contributed by atoms with Gasteiger partial charge in [-0.1, -0.05) is 0 Å². The topological polar surface area (TPSA) is 67.9 Å². The van der Waals surface area contributed by atoms with Crippen molar-refractivity contribution < 1.29 is 19.1 Å². The smallest absolute Gasteiger partial charge is 0.317 e. The van der Waals surface area contributed by atoms with Gasteiger partial charge in [-0.15, -0.1) is 0 Å². The van der Waals surface area contributed by atoms with Crippen molar-refractivity contribution in [3.8, 4) is 0 Å². The second-order valence-corrected chi connectivity index (χ2v) is 4.69. The molecule has 1 saturated heterocycles. The van der Waals surface area contributed by atoms with E-state index < -0.39 is 0 Å². The number of hydrogen-bond donors (Lipinski definition) is 1. The maximum Gasteiger partial charge on any atom is 0.317 e. The molecule has 0 atom stereocenters. The number of amides is 2. The van der Waals surface area contributed by atoms with Gasteiger partial charge in [-0.05, 0) is 25.7 Å². The predicted octanol–water partition coefficient (Wildman–Crippen LogP) is 1.15. The number of rotatable bonds is 6. The molecule has 0 radical (unpaired) electrons. The number of likely N-dealkylation sites (tertiary alicyclic amines) is 1. The molecule has 0 aromatic rings. The number of carbonyl (C=O) groups is 2. The van der Waals surface area contributed by atoms with Gasteiger partial charge in [0.15, 0.2) is 0 Å². The molecule has 1 heterocycles. The van der Waals surface area contributed by atoms with Crippen molar-refractivity contribution in [2.75, 3.05) is 33.9 Å². The van der Waals surface area contributed by atoms with Gasteiger partial charge in [0.25, 0.3) is 0 Å². The Morgan fingerprint density at radius 3 is 2.47 bits per heavy atom. The molecule has 1 N–H and O–H groups in total. The summed E-state index contributed by atoms with van der Waals surface area (Å²) in [5.74, 6) is -0.201. The van der Waals surface area contributed by atoms with Crippen LogP contribution < -0.4 is 5.32 Å². The first kappa shape index (κ1) is 15.8. The first-order valence-electron chi connectivity index (χ1n) is 6.79. The Labute approximate surface area is 114 Å². The first-order valence-corrected chi connectivity index (χ1v) is 6.79. The van der Waals surface area contributed by atoms with Crippen molar-refractivity contribution in [2.24, 2.45) is 0 Å². The summed E-state index contributed by atoms with van der Waals surface area (Å²) in [5.41, 5.74) is 0. The van der Waals surface area contributed by atoms with E-state index in [1.54, 1.807) is 7.11 Å². The lowest BCUT2D eigenvalue weighted by Gasteiger charge is -2.31. The zero-order chi connectivity index (χ0) is 14.1. The van der Waals surface area contributed by atoms with Crippen molar-refractivity contribution in [2.45, 2.75) is 38.2 Å². The summed E-state index contributed by atoms with van der Waals surface area (Å²) in [6.45, 7) is 2.08. The van der Waals surface area contributed by atoms with Crippen molar-refractivity contribution in [3.05, 3.63) is 0 Å². The second kappa shape index (κ2) is 8.74. The summed E-state index contributed by atoms with van der Waals surface area (Å²) in [7, 11) is 3.09. The summed E-state index contributed by atoms with van der Waals surface area (Å²) < 4.78 is 9.81. The quantitative estimate of drug-likeness (QED) is 0.582. The maximum atomic E-state index is 11.8. The van der Waals surface area contributed by atoms with E-state index in [0.29, 0.717) is 13.0 Å².